The molecule has 0 bridgehead atoms. The largest absolute Gasteiger partial charge is 0.382 e. The van der Waals surface area contributed by atoms with Crippen molar-refractivity contribution in [3.63, 3.8) is 0 Å². The van der Waals surface area contributed by atoms with Crippen LogP contribution in [0.15, 0.2) is 18.2 Å². The van der Waals surface area contributed by atoms with Crippen molar-refractivity contribution < 1.29 is 13.1 Å². The molecule has 1 atom stereocenters. The molecule has 4 heteroatoms. The smallest absolute Gasteiger partial charge is 0.203 e. The molecular formula is C23H29ClF2O. The first-order valence-electron chi connectivity index (χ1n) is 10.6. The average Bonchev–Trinajstić information content (AvgIpc) is 3.25. The van der Waals surface area contributed by atoms with E-state index in [9.17, 15) is 8.78 Å². The van der Waals surface area contributed by atoms with Crippen LogP contribution in [0.3, 0.4) is 0 Å². The summed E-state index contributed by atoms with van der Waals surface area (Å²) in [6.07, 6.45) is 16.4. The van der Waals surface area contributed by atoms with E-state index in [1.807, 2.05) is 0 Å². The second-order valence-electron chi connectivity index (χ2n) is 8.80. The van der Waals surface area contributed by atoms with Crippen molar-refractivity contribution in [2.24, 2.45) is 23.7 Å². The maximum atomic E-state index is 14.3. The summed E-state index contributed by atoms with van der Waals surface area (Å²) >= 11 is 5.18. The highest BCUT2D eigenvalue weighted by molar-refractivity contribution is 6.09. The van der Waals surface area contributed by atoms with Gasteiger partial charge >= 0.3 is 0 Å². The fourth-order valence-corrected chi connectivity index (χ4v) is 6.00. The monoisotopic (exact) mass is 394 g/mol. The molecule has 0 spiro atoms. The van der Waals surface area contributed by atoms with Crippen molar-refractivity contribution in [3.8, 4) is 5.75 Å². The fourth-order valence-electron chi connectivity index (χ4n) is 5.88. The van der Waals surface area contributed by atoms with Crippen molar-refractivity contribution in [3.05, 3.63) is 35.4 Å². The van der Waals surface area contributed by atoms with E-state index in [-0.39, 0.29) is 5.75 Å². The third-order valence-electron chi connectivity index (χ3n) is 7.48. The van der Waals surface area contributed by atoms with Crippen LogP contribution in [-0.2, 0) is 0 Å². The van der Waals surface area contributed by atoms with Crippen molar-refractivity contribution in [2.75, 3.05) is 0 Å². The molecule has 0 aliphatic heterocycles. The Hall–Kier alpha value is -1.09. The number of hydrogen-bond acceptors (Lipinski definition) is 1. The van der Waals surface area contributed by atoms with Gasteiger partial charge in [-0.1, -0.05) is 31.8 Å². The molecule has 0 saturated heterocycles. The van der Waals surface area contributed by atoms with Gasteiger partial charge in [-0.2, -0.15) is 4.39 Å². The van der Waals surface area contributed by atoms with Gasteiger partial charge in [-0.25, -0.2) is 4.39 Å². The molecule has 1 unspecified atom stereocenters. The minimum Gasteiger partial charge on any atom is -0.382 e. The second kappa shape index (κ2) is 8.51. The molecule has 27 heavy (non-hydrogen) atoms. The molecule has 1 aromatic rings. The highest BCUT2D eigenvalue weighted by atomic mass is 35.5. The van der Waals surface area contributed by atoms with E-state index in [4.69, 9.17) is 11.9 Å². The molecule has 2 fully saturated rings. The molecule has 0 radical (unpaired) electrons. The van der Waals surface area contributed by atoms with Crippen molar-refractivity contribution in [1.29, 1.82) is 0 Å². The number of benzene rings is 1. The van der Waals surface area contributed by atoms with Gasteiger partial charge in [-0.3, -0.25) is 0 Å². The lowest BCUT2D eigenvalue weighted by atomic mass is 9.68. The quantitative estimate of drug-likeness (QED) is 0.508. The number of rotatable bonds is 4. The van der Waals surface area contributed by atoms with Crippen LogP contribution in [0.5, 0.6) is 5.75 Å². The van der Waals surface area contributed by atoms with Crippen LogP contribution < -0.4 is 4.29 Å². The van der Waals surface area contributed by atoms with Gasteiger partial charge in [0.2, 0.25) is 5.82 Å². The van der Waals surface area contributed by atoms with Gasteiger partial charge in [0, 0.05) is 5.56 Å². The van der Waals surface area contributed by atoms with E-state index >= 15 is 0 Å². The zero-order valence-electron chi connectivity index (χ0n) is 15.9. The van der Waals surface area contributed by atoms with Gasteiger partial charge in [0.05, 0.1) is 0 Å². The average molecular weight is 395 g/mol. The normalized spacial score (nSPS) is 29.6. The van der Waals surface area contributed by atoms with E-state index in [0.29, 0.717) is 11.5 Å². The van der Waals surface area contributed by atoms with Gasteiger partial charge in [0.15, 0.2) is 11.6 Å². The van der Waals surface area contributed by atoms with Crippen molar-refractivity contribution in [1.82, 2.24) is 0 Å². The summed E-state index contributed by atoms with van der Waals surface area (Å²) in [6, 6.07) is 2.98. The first kappa shape index (κ1) is 19.2. The Balaban J connectivity index is 1.36. The zero-order chi connectivity index (χ0) is 18.8. The van der Waals surface area contributed by atoms with Gasteiger partial charge in [-0.15, -0.1) is 0 Å². The van der Waals surface area contributed by atoms with Gasteiger partial charge in [-0.05, 0) is 86.3 Å². The summed E-state index contributed by atoms with van der Waals surface area (Å²) in [6.45, 7) is 0. The summed E-state index contributed by atoms with van der Waals surface area (Å²) in [7, 11) is 0. The maximum absolute atomic E-state index is 14.3. The summed E-state index contributed by atoms with van der Waals surface area (Å²) in [5, 5.41) is 0. The zero-order valence-corrected chi connectivity index (χ0v) is 16.6. The highest BCUT2D eigenvalue weighted by Crippen LogP contribution is 2.45. The van der Waals surface area contributed by atoms with Crippen LogP contribution >= 0.6 is 11.9 Å². The molecule has 2 saturated carbocycles. The third-order valence-corrected chi connectivity index (χ3v) is 7.64. The summed E-state index contributed by atoms with van der Waals surface area (Å²) in [5.41, 5.74) is 1.27. The van der Waals surface area contributed by atoms with Crippen LogP contribution in [0.4, 0.5) is 8.78 Å². The highest BCUT2D eigenvalue weighted by Gasteiger charge is 2.33. The number of halogens is 3. The molecule has 0 heterocycles. The summed E-state index contributed by atoms with van der Waals surface area (Å²) in [4.78, 5) is 0. The Labute approximate surface area is 166 Å². The van der Waals surface area contributed by atoms with Gasteiger partial charge in [0.25, 0.3) is 0 Å². The molecule has 3 aliphatic rings. The third kappa shape index (κ3) is 4.04. The summed E-state index contributed by atoms with van der Waals surface area (Å²) in [5.74, 6) is 1.38. The predicted molar refractivity (Wildman–Crippen MR) is 106 cm³/mol. The molecule has 4 rings (SSSR count). The topological polar surface area (TPSA) is 9.23 Å². The first-order valence-corrected chi connectivity index (χ1v) is 10.9. The molecule has 1 aromatic carbocycles. The Kier molecular flexibility index (Phi) is 6.06. The van der Waals surface area contributed by atoms with E-state index in [1.54, 1.807) is 6.07 Å². The van der Waals surface area contributed by atoms with Crippen molar-refractivity contribution >= 4 is 17.4 Å². The molecule has 1 nitrogen and oxygen atoms in total. The standard InChI is InChI=1S/C23H29ClF2O/c24-27-21-14-13-20(22(25)23(21)26)19-11-9-18(10-12-19)17-7-5-16(6-8-17)15-3-1-2-4-15/h11,13-18H,1-10,12H2. The molecule has 0 amide bonds. The minimum absolute atomic E-state index is 0.258. The van der Waals surface area contributed by atoms with Gasteiger partial charge < -0.3 is 4.29 Å². The molecule has 0 N–H and O–H groups in total. The van der Waals surface area contributed by atoms with E-state index in [1.165, 1.54) is 57.4 Å². The second-order valence-corrected chi connectivity index (χ2v) is 8.95. The fraction of sp³-hybridized carbons (Fsp3) is 0.652. The van der Waals surface area contributed by atoms with Crippen LogP contribution in [0.1, 0.15) is 76.2 Å². The Morgan fingerprint density at radius 2 is 1.41 bits per heavy atom. The molecule has 148 valence electrons. The van der Waals surface area contributed by atoms with Crippen LogP contribution in [-0.4, -0.2) is 0 Å². The maximum Gasteiger partial charge on any atom is 0.203 e. The first-order chi connectivity index (χ1) is 13.2. The lowest BCUT2D eigenvalue weighted by molar-refractivity contribution is 0.158. The van der Waals surface area contributed by atoms with Crippen LogP contribution in [0.2, 0.25) is 0 Å². The molecule has 3 aliphatic carbocycles. The van der Waals surface area contributed by atoms with E-state index in [2.05, 4.69) is 10.4 Å². The predicted octanol–water partition coefficient (Wildman–Crippen LogP) is 7.68. The molecular weight excluding hydrogens is 366 g/mol. The summed E-state index contributed by atoms with van der Waals surface area (Å²) < 4.78 is 32.6. The SMILES string of the molecule is Fc1c(OCl)ccc(C2=CCC(C3CCC(C4CCCC4)CC3)CC2)c1F. The van der Waals surface area contributed by atoms with Crippen LogP contribution in [0, 0.1) is 35.3 Å². The lowest BCUT2D eigenvalue weighted by Gasteiger charge is -2.37. The van der Waals surface area contributed by atoms with E-state index in [0.717, 1.165) is 42.6 Å². The van der Waals surface area contributed by atoms with Gasteiger partial charge in [0.1, 0.15) is 11.9 Å². The Bertz CT molecular complexity index is 688. The number of allylic oxidation sites excluding steroid dienone is 2. The lowest BCUT2D eigenvalue weighted by Crippen LogP contribution is -2.25. The minimum atomic E-state index is -1.00. The number of hydrogen-bond donors (Lipinski definition) is 0. The van der Waals surface area contributed by atoms with Crippen LogP contribution in [0.25, 0.3) is 5.57 Å². The van der Waals surface area contributed by atoms with E-state index < -0.39 is 11.6 Å². The molecule has 0 aromatic heterocycles. The Morgan fingerprint density at radius 1 is 0.778 bits per heavy atom. The van der Waals surface area contributed by atoms with Crippen molar-refractivity contribution in [2.45, 2.75) is 70.6 Å². The Morgan fingerprint density at radius 3 is 2.00 bits per heavy atom.